The largest absolute Gasteiger partial charge is 0.366 e. The van der Waals surface area contributed by atoms with E-state index in [1.165, 1.54) is 37.9 Å². The van der Waals surface area contributed by atoms with Gasteiger partial charge in [-0.3, -0.25) is 9.69 Å². The monoisotopic (exact) mass is 334 g/mol. The van der Waals surface area contributed by atoms with Gasteiger partial charge in [-0.1, -0.05) is 30.7 Å². The Bertz CT molecular complexity index is 892. The summed E-state index contributed by atoms with van der Waals surface area (Å²) in [5.74, 6) is -0.443. The fourth-order valence-electron chi connectivity index (χ4n) is 3.54. The summed E-state index contributed by atoms with van der Waals surface area (Å²) in [5.41, 5.74) is 10.00. The van der Waals surface area contributed by atoms with Gasteiger partial charge in [0, 0.05) is 29.9 Å². The fraction of sp³-hybridized carbons (Fsp3) is 0.300. The van der Waals surface area contributed by atoms with E-state index in [1.54, 1.807) is 6.20 Å². The molecule has 0 radical (unpaired) electrons. The summed E-state index contributed by atoms with van der Waals surface area (Å²) >= 11 is 0. The number of hydrogen-bond donors (Lipinski definition) is 2. The lowest BCUT2D eigenvalue weighted by atomic mass is 10.0. The van der Waals surface area contributed by atoms with Crippen molar-refractivity contribution in [1.82, 2.24) is 14.9 Å². The van der Waals surface area contributed by atoms with Crippen molar-refractivity contribution in [3.05, 3.63) is 53.9 Å². The molecule has 0 saturated carbocycles. The maximum absolute atomic E-state index is 11.5. The first-order valence-electron chi connectivity index (χ1n) is 8.79. The molecule has 2 aromatic heterocycles. The van der Waals surface area contributed by atoms with E-state index in [2.05, 4.69) is 39.1 Å². The topological polar surface area (TPSA) is 75.0 Å². The average Bonchev–Trinajstić information content (AvgIpc) is 3.07. The molecular formula is C20H22N4O. The van der Waals surface area contributed by atoms with Crippen LogP contribution in [0.25, 0.3) is 22.2 Å². The van der Waals surface area contributed by atoms with Crippen molar-refractivity contribution in [2.24, 2.45) is 5.73 Å². The van der Waals surface area contributed by atoms with Crippen LogP contribution in [0.2, 0.25) is 0 Å². The Morgan fingerprint density at radius 3 is 2.60 bits per heavy atom. The molecule has 0 spiro atoms. The number of H-pyrrole nitrogens is 1. The van der Waals surface area contributed by atoms with E-state index in [4.69, 9.17) is 5.73 Å². The third kappa shape index (κ3) is 3.28. The first kappa shape index (κ1) is 15.8. The van der Waals surface area contributed by atoms with Gasteiger partial charge in [0.25, 0.3) is 5.91 Å². The van der Waals surface area contributed by atoms with Gasteiger partial charge in [-0.25, -0.2) is 4.98 Å². The van der Waals surface area contributed by atoms with E-state index in [0.717, 1.165) is 23.1 Å². The number of hydrogen-bond acceptors (Lipinski definition) is 3. The quantitative estimate of drug-likeness (QED) is 0.768. The maximum Gasteiger partial charge on any atom is 0.250 e. The number of nitrogens with one attached hydrogen (secondary N) is 1. The third-order valence-electron chi connectivity index (χ3n) is 4.94. The van der Waals surface area contributed by atoms with Gasteiger partial charge in [0.15, 0.2) is 0 Å². The summed E-state index contributed by atoms with van der Waals surface area (Å²) in [6.45, 7) is 3.42. The van der Waals surface area contributed by atoms with Crippen molar-refractivity contribution < 1.29 is 4.79 Å². The standard InChI is InChI=1S/C20H22N4O/c21-19(25)18-12-23-20-17(18)10-16(11-22-20)15-6-4-14(5-7-15)13-24-8-2-1-3-9-24/h4-7,10-12H,1-3,8-9,13H2,(H2,21,25)(H,22,23). The van der Waals surface area contributed by atoms with E-state index < -0.39 is 5.91 Å². The molecule has 0 unspecified atom stereocenters. The molecule has 5 heteroatoms. The third-order valence-corrected chi connectivity index (χ3v) is 4.94. The van der Waals surface area contributed by atoms with Crippen molar-refractivity contribution in [1.29, 1.82) is 0 Å². The van der Waals surface area contributed by atoms with Gasteiger partial charge in [0.1, 0.15) is 5.65 Å². The number of primary amides is 1. The number of aromatic nitrogens is 2. The Balaban J connectivity index is 1.58. The lowest BCUT2D eigenvalue weighted by Crippen LogP contribution is -2.28. The molecule has 1 fully saturated rings. The molecule has 128 valence electrons. The predicted molar refractivity (Wildman–Crippen MR) is 99.2 cm³/mol. The van der Waals surface area contributed by atoms with Crippen molar-refractivity contribution >= 4 is 16.9 Å². The highest BCUT2D eigenvalue weighted by Gasteiger charge is 2.12. The summed E-state index contributed by atoms with van der Waals surface area (Å²) in [6.07, 6.45) is 7.41. The number of carbonyl (C=O) groups is 1. The Labute approximate surface area is 146 Å². The van der Waals surface area contributed by atoms with Gasteiger partial charge in [-0.05, 0) is 43.1 Å². The Hall–Kier alpha value is -2.66. The molecule has 25 heavy (non-hydrogen) atoms. The zero-order chi connectivity index (χ0) is 17.2. The fourth-order valence-corrected chi connectivity index (χ4v) is 3.54. The second-order valence-corrected chi connectivity index (χ2v) is 6.72. The van der Waals surface area contributed by atoms with Crippen LogP contribution in [0, 0.1) is 0 Å². The lowest BCUT2D eigenvalue weighted by Gasteiger charge is -2.26. The smallest absolute Gasteiger partial charge is 0.250 e. The van der Waals surface area contributed by atoms with Crippen LogP contribution in [0.5, 0.6) is 0 Å². The molecule has 3 N–H and O–H groups in total. The molecule has 3 heterocycles. The molecule has 1 aliphatic heterocycles. The van der Waals surface area contributed by atoms with Crippen LogP contribution in [0.15, 0.2) is 42.7 Å². The number of likely N-dealkylation sites (tertiary alicyclic amines) is 1. The lowest BCUT2D eigenvalue weighted by molar-refractivity contribution is 0.100. The van der Waals surface area contributed by atoms with Gasteiger partial charge >= 0.3 is 0 Å². The summed E-state index contributed by atoms with van der Waals surface area (Å²) in [4.78, 5) is 21.4. The highest BCUT2D eigenvalue weighted by Crippen LogP contribution is 2.25. The van der Waals surface area contributed by atoms with E-state index >= 15 is 0 Å². The van der Waals surface area contributed by atoms with Crippen LogP contribution >= 0.6 is 0 Å². The zero-order valence-corrected chi connectivity index (χ0v) is 14.2. The second-order valence-electron chi connectivity index (χ2n) is 6.72. The molecule has 0 atom stereocenters. The maximum atomic E-state index is 11.5. The van der Waals surface area contributed by atoms with Crippen LogP contribution in [0.3, 0.4) is 0 Å². The molecule has 1 saturated heterocycles. The highest BCUT2D eigenvalue weighted by atomic mass is 16.1. The number of benzene rings is 1. The van der Waals surface area contributed by atoms with Crippen LogP contribution in [0.4, 0.5) is 0 Å². The molecular weight excluding hydrogens is 312 g/mol. The van der Waals surface area contributed by atoms with E-state index in [1.807, 2.05) is 12.3 Å². The number of fused-ring (bicyclic) bond motifs is 1. The highest BCUT2D eigenvalue weighted by molar-refractivity contribution is 6.05. The molecule has 0 aliphatic carbocycles. The van der Waals surface area contributed by atoms with Crippen molar-refractivity contribution in [2.45, 2.75) is 25.8 Å². The Kier molecular flexibility index (Phi) is 4.24. The average molecular weight is 334 g/mol. The first-order valence-corrected chi connectivity index (χ1v) is 8.79. The van der Waals surface area contributed by atoms with Gasteiger partial charge in [0.05, 0.1) is 5.56 Å². The van der Waals surface area contributed by atoms with Crippen LogP contribution in [-0.4, -0.2) is 33.9 Å². The summed E-state index contributed by atoms with van der Waals surface area (Å²) in [6, 6.07) is 10.6. The number of carbonyl (C=O) groups excluding carboxylic acids is 1. The SMILES string of the molecule is NC(=O)c1c[nH]c2ncc(-c3ccc(CN4CCCCC4)cc3)cc12. The molecule has 1 aromatic carbocycles. The summed E-state index contributed by atoms with van der Waals surface area (Å²) < 4.78 is 0. The molecule has 1 aliphatic rings. The minimum Gasteiger partial charge on any atom is -0.366 e. The van der Waals surface area contributed by atoms with Gasteiger partial charge in [-0.15, -0.1) is 0 Å². The van der Waals surface area contributed by atoms with Crippen molar-refractivity contribution in [3.8, 4) is 11.1 Å². The molecule has 3 aromatic rings. The van der Waals surface area contributed by atoms with Crippen LogP contribution < -0.4 is 5.73 Å². The van der Waals surface area contributed by atoms with Crippen molar-refractivity contribution in [2.75, 3.05) is 13.1 Å². The Morgan fingerprint density at radius 1 is 1.12 bits per heavy atom. The minimum atomic E-state index is -0.443. The molecule has 1 amide bonds. The summed E-state index contributed by atoms with van der Waals surface area (Å²) in [5, 5.41) is 0.766. The van der Waals surface area contributed by atoms with Crippen LogP contribution in [-0.2, 0) is 6.54 Å². The summed E-state index contributed by atoms with van der Waals surface area (Å²) in [7, 11) is 0. The number of pyridine rings is 1. The van der Waals surface area contributed by atoms with Crippen molar-refractivity contribution in [3.63, 3.8) is 0 Å². The normalized spacial score (nSPS) is 15.5. The molecule has 0 bridgehead atoms. The zero-order valence-electron chi connectivity index (χ0n) is 14.2. The van der Waals surface area contributed by atoms with Crippen LogP contribution in [0.1, 0.15) is 35.2 Å². The number of nitrogens with zero attached hydrogens (tertiary/aromatic N) is 2. The van der Waals surface area contributed by atoms with E-state index in [0.29, 0.717) is 11.2 Å². The first-order chi connectivity index (χ1) is 12.2. The Morgan fingerprint density at radius 2 is 1.88 bits per heavy atom. The number of rotatable bonds is 4. The second kappa shape index (κ2) is 6.69. The van der Waals surface area contributed by atoms with Gasteiger partial charge in [0.2, 0.25) is 0 Å². The molecule has 4 rings (SSSR count). The number of aromatic amines is 1. The van der Waals surface area contributed by atoms with Gasteiger partial charge in [-0.2, -0.15) is 0 Å². The minimum absolute atomic E-state index is 0.443. The number of amides is 1. The number of piperidine rings is 1. The van der Waals surface area contributed by atoms with E-state index in [-0.39, 0.29) is 0 Å². The molecule has 5 nitrogen and oxygen atoms in total. The predicted octanol–water partition coefficient (Wildman–Crippen LogP) is 3.31. The van der Waals surface area contributed by atoms with E-state index in [9.17, 15) is 4.79 Å². The van der Waals surface area contributed by atoms with Gasteiger partial charge < -0.3 is 10.7 Å². The number of nitrogens with two attached hydrogens (primary N) is 1.